The second-order valence-corrected chi connectivity index (χ2v) is 7.09. The highest BCUT2D eigenvalue weighted by Crippen LogP contribution is 2.28. The molecule has 21 heavy (non-hydrogen) atoms. The van der Waals surface area contributed by atoms with Crippen molar-refractivity contribution in [1.82, 2.24) is 0 Å². The molecule has 108 valence electrons. The number of fused-ring (bicyclic) bond motifs is 1. The fraction of sp³-hybridized carbons (Fsp3) is 0.125. The lowest BCUT2D eigenvalue weighted by molar-refractivity contribution is 0.605. The molecule has 0 spiro atoms. The molecule has 0 saturated carbocycles. The van der Waals surface area contributed by atoms with Gasteiger partial charge in [-0.15, -0.1) is 0 Å². The van der Waals surface area contributed by atoms with E-state index in [-0.39, 0.29) is 0 Å². The van der Waals surface area contributed by atoms with Crippen LogP contribution in [0, 0.1) is 0 Å². The molecular formula is C16H14ClNO2S. The lowest BCUT2D eigenvalue weighted by Crippen LogP contribution is -2.17. The molecule has 0 saturated heterocycles. The largest absolute Gasteiger partial charge is 0.280 e. The summed E-state index contributed by atoms with van der Waals surface area (Å²) in [5.41, 5.74) is 2.67. The van der Waals surface area contributed by atoms with Gasteiger partial charge in [0.1, 0.15) is 0 Å². The second kappa shape index (κ2) is 5.54. The Kier molecular flexibility index (Phi) is 3.74. The number of anilines is 1. The topological polar surface area (TPSA) is 46.2 Å². The van der Waals surface area contributed by atoms with E-state index in [1.54, 1.807) is 30.3 Å². The quantitative estimate of drug-likeness (QED) is 0.927. The van der Waals surface area contributed by atoms with Crippen LogP contribution < -0.4 is 4.72 Å². The van der Waals surface area contributed by atoms with Gasteiger partial charge in [0, 0.05) is 10.7 Å². The molecule has 3 nitrogen and oxygen atoms in total. The summed E-state index contributed by atoms with van der Waals surface area (Å²) < 4.78 is 27.5. The highest BCUT2D eigenvalue weighted by atomic mass is 35.5. The maximum Gasteiger partial charge on any atom is 0.258 e. The summed E-state index contributed by atoms with van der Waals surface area (Å²) in [6.07, 6.45) is 3.00. The number of sulfonamides is 1. The van der Waals surface area contributed by atoms with Crippen molar-refractivity contribution in [3.8, 4) is 0 Å². The normalized spacial score (nSPS) is 14.2. The number of halogens is 1. The van der Waals surface area contributed by atoms with Gasteiger partial charge < -0.3 is 0 Å². The third-order valence-electron chi connectivity index (χ3n) is 3.45. The van der Waals surface area contributed by atoms with Gasteiger partial charge in [-0.05, 0) is 54.3 Å². The molecule has 3 rings (SSSR count). The van der Waals surface area contributed by atoms with Gasteiger partial charge in [-0.2, -0.15) is 0 Å². The first-order valence-corrected chi connectivity index (χ1v) is 8.47. The van der Waals surface area contributed by atoms with E-state index in [0.29, 0.717) is 22.0 Å². The van der Waals surface area contributed by atoms with Gasteiger partial charge in [-0.25, -0.2) is 8.42 Å². The molecule has 0 aromatic heterocycles. The standard InChI is InChI=1S/C16H14ClNO2S/c17-14-6-8-15(9-7-14)18-21(19,20)16-10-5-12-3-1-2-4-13(12)11-16/h1-4,6-9,11,18H,5,10H2. The first-order chi connectivity index (χ1) is 10.0. The molecule has 0 radical (unpaired) electrons. The molecule has 1 aliphatic rings. The van der Waals surface area contributed by atoms with Crippen LogP contribution in [-0.4, -0.2) is 8.42 Å². The van der Waals surface area contributed by atoms with Gasteiger partial charge in [0.15, 0.2) is 0 Å². The zero-order chi connectivity index (χ0) is 14.9. The van der Waals surface area contributed by atoms with Crippen LogP contribution in [0.5, 0.6) is 0 Å². The summed E-state index contributed by atoms with van der Waals surface area (Å²) in [6.45, 7) is 0. The highest BCUT2D eigenvalue weighted by Gasteiger charge is 2.21. The molecule has 0 fully saturated rings. The summed E-state index contributed by atoms with van der Waals surface area (Å²) in [5.74, 6) is 0. The predicted octanol–water partition coefficient (Wildman–Crippen LogP) is 4.07. The fourth-order valence-electron chi connectivity index (χ4n) is 2.36. The van der Waals surface area contributed by atoms with E-state index in [1.165, 1.54) is 5.56 Å². The molecule has 2 aromatic rings. The summed E-state index contributed by atoms with van der Waals surface area (Å²) in [7, 11) is -3.52. The van der Waals surface area contributed by atoms with Gasteiger partial charge in [0.05, 0.1) is 4.91 Å². The molecule has 0 unspecified atom stereocenters. The van der Waals surface area contributed by atoms with Crippen molar-refractivity contribution < 1.29 is 8.42 Å². The summed E-state index contributed by atoms with van der Waals surface area (Å²) in [6, 6.07) is 14.5. The summed E-state index contributed by atoms with van der Waals surface area (Å²) in [5, 5.41) is 0.573. The minimum absolute atomic E-state index is 0.413. The summed E-state index contributed by atoms with van der Waals surface area (Å²) >= 11 is 5.80. The van der Waals surface area contributed by atoms with E-state index >= 15 is 0 Å². The van der Waals surface area contributed by atoms with E-state index in [9.17, 15) is 8.42 Å². The predicted molar refractivity (Wildman–Crippen MR) is 86.7 cm³/mol. The van der Waals surface area contributed by atoms with E-state index in [4.69, 9.17) is 11.6 Å². The third-order valence-corrected chi connectivity index (χ3v) is 5.22. The van der Waals surface area contributed by atoms with Crippen molar-refractivity contribution in [2.75, 3.05) is 4.72 Å². The number of aryl methyl sites for hydroxylation is 1. The number of hydrogen-bond acceptors (Lipinski definition) is 2. The smallest absolute Gasteiger partial charge is 0.258 e. The average Bonchev–Trinajstić information content (AvgIpc) is 2.49. The molecule has 0 amide bonds. The Morgan fingerprint density at radius 2 is 1.67 bits per heavy atom. The van der Waals surface area contributed by atoms with E-state index in [2.05, 4.69) is 4.72 Å². The van der Waals surface area contributed by atoms with Crippen LogP contribution in [0.25, 0.3) is 6.08 Å². The first kappa shape index (κ1) is 14.2. The molecular weight excluding hydrogens is 306 g/mol. The summed E-state index contributed by atoms with van der Waals surface area (Å²) in [4.78, 5) is 0.413. The molecule has 5 heteroatoms. The van der Waals surface area contributed by atoms with Crippen LogP contribution in [0.15, 0.2) is 53.4 Å². The second-order valence-electron chi connectivity index (χ2n) is 4.92. The van der Waals surface area contributed by atoms with Crippen molar-refractivity contribution >= 4 is 33.4 Å². The number of rotatable bonds is 3. The molecule has 0 bridgehead atoms. The first-order valence-electron chi connectivity index (χ1n) is 6.61. The number of nitrogens with one attached hydrogen (secondary N) is 1. The Hall–Kier alpha value is -1.78. The zero-order valence-corrected chi connectivity index (χ0v) is 12.8. The van der Waals surface area contributed by atoms with Crippen LogP contribution in [0.1, 0.15) is 17.5 Å². The number of hydrogen-bond donors (Lipinski definition) is 1. The lowest BCUT2D eigenvalue weighted by atomic mass is 9.98. The van der Waals surface area contributed by atoms with Crippen molar-refractivity contribution in [2.45, 2.75) is 12.8 Å². The van der Waals surface area contributed by atoms with Crippen molar-refractivity contribution in [1.29, 1.82) is 0 Å². The van der Waals surface area contributed by atoms with Crippen LogP contribution in [-0.2, 0) is 16.4 Å². The Labute approximate surface area is 129 Å². The average molecular weight is 320 g/mol. The Morgan fingerprint density at radius 1 is 0.952 bits per heavy atom. The number of allylic oxidation sites excluding steroid dienone is 1. The number of benzene rings is 2. The van der Waals surface area contributed by atoms with Crippen LogP contribution >= 0.6 is 11.6 Å². The Morgan fingerprint density at radius 3 is 2.43 bits per heavy atom. The Balaban J connectivity index is 1.89. The van der Waals surface area contributed by atoms with Gasteiger partial charge in [-0.1, -0.05) is 35.9 Å². The maximum atomic E-state index is 12.4. The van der Waals surface area contributed by atoms with Crippen molar-refractivity contribution in [2.24, 2.45) is 0 Å². The van der Waals surface area contributed by atoms with Crippen LogP contribution in [0.4, 0.5) is 5.69 Å². The lowest BCUT2D eigenvalue weighted by Gasteiger charge is -2.17. The Bertz CT molecular complexity index is 795. The zero-order valence-electron chi connectivity index (χ0n) is 11.2. The van der Waals surface area contributed by atoms with Gasteiger partial charge in [0.25, 0.3) is 10.0 Å². The van der Waals surface area contributed by atoms with E-state index in [1.807, 2.05) is 24.3 Å². The monoisotopic (exact) mass is 319 g/mol. The maximum absolute atomic E-state index is 12.4. The molecule has 0 atom stereocenters. The highest BCUT2D eigenvalue weighted by molar-refractivity contribution is 7.96. The van der Waals surface area contributed by atoms with Gasteiger partial charge in [0.2, 0.25) is 0 Å². The van der Waals surface area contributed by atoms with E-state index in [0.717, 1.165) is 12.0 Å². The minimum Gasteiger partial charge on any atom is -0.280 e. The molecule has 2 aromatic carbocycles. The van der Waals surface area contributed by atoms with Gasteiger partial charge in [-0.3, -0.25) is 4.72 Å². The van der Waals surface area contributed by atoms with Crippen molar-refractivity contribution in [3.05, 3.63) is 69.6 Å². The molecule has 0 aliphatic heterocycles. The van der Waals surface area contributed by atoms with Gasteiger partial charge >= 0.3 is 0 Å². The third kappa shape index (κ3) is 3.12. The molecule has 1 N–H and O–H groups in total. The van der Waals surface area contributed by atoms with Crippen molar-refractivity contribution in [3.63, 3.8) is 0 Å². The molecule has 0 heterocycles. The SMILES string of the molecule is O=S(=O)(Nc1ccc(Cl)cc1)C1=Cc2ccccc2CC1. The van der Waals surface area contributed by atoms with Crippen LogP contribution in [0.2, 0.25) is 5.02 Å². The molecule has 1 aliphatic carbocycles. The van der Waals surface area contributed by atoms with E-state index < -0.39 is 10.0 Å². The minimum atomic E-state index is -3.52. The fourth-order valence-corrected chi connectivity index (χ4v) is 3.71. The van der Waals surface area contributed by atoms with Crippen LogP contribution in [0.3, 0.4) is 0 Å².